The highest BCUT2D eigenvalue weighted by molar-refractivity contribution is 5.84. The fourth-order valence-corrected chi connectivity index (χ4v) is 5.71. The molecule has 108 valence electrons. The molecule has 0 amide bonds. The predicted octanol–water partition coefficient (Wildman–Crippen LogP) is 3.84. The maximum Gasteiger partial charge on any atom is 0.136 e. The normalized spacial score (nSPS) is 44.1. The van der Waals surface area contributed by atoms with Crippen molar-refractivity contribution >= 4 is 11.6 Å². The van der Waals surface area contributed by atoms with Crippen molar-refractivity contribution < 1.29 is 9.59 Å². The van der Waals surface area contributed by atoms with Crippen molar-refractivity contribution in [2.45, 2.75) is 64.7 Å². The maximum atomic E-state index is 12.0. The van der Waals surface area contributed by atoms with Gasteiger partial charge in [0.15, 0.2) is 0 Å². The van der Waals surface area contributed by atoms with E-state index in [2.05, 4.69) is 6.92 Å². The van der Waals surface area contributed by atoms with E-state index >= 15 is 0 Å². The van der Waals surface area contributed by atoms with Crippen LogP contribution in [0, 0.1) is 23.2 Å². The molecule has 4 aliphatic carbocycles. The molecule has 4 rings (SSSR count). The Morgan fingerprint density at radius 2 is 1.75 bits per heavy atom. The largest absolute Gasteiger partial charge is 0.300 e. The number of hydrogen-bond acceptors (Lipinski definition) is 2. The van der Waals surface area contributed by atoms with Gasteiger partial charge in [-0.1, -0.05) is 18.1 Å². The summed E-state index contributed by atoms with van der Waals surface area (Å²) >= 11 is 0. The van der Waals surface area contributed by atoms with E-state index in [-0.39, 0.29) is 5.41 Å². The Bertz CT molecular complexity index is 516. The lowest BCUT2D eigenvalue weighted by molar-refractivity contribution is -0.124. The van der Waals surface area contributed by atoms with Crippen LogP contribution in [0.25, 0.3) is 0 Å². The van der Waals surface area contributed by atoms with Gasteiger partial charge in [-0.15, -0.1) is 0 Å². The summed E-state index contributed by atoms with van der Waals surface area (Å²) in [5, 5.41) is 0. The molecule has 0 N–H and O–H groups in total. The summed E-state index contributed by atoms with van der Waals surface area (Å²) in [5.74, 6) is 2.49. The molecule has 0 aromatic rings. The highest BCUT2D eigenvalue weighted by Gasteiger charge is 2.50. The summed E-state index contributed by atoms with van der Waals surface area (Å²) in [4.78, 5) is 23.8. The Labute approximate surface area is 121 Å². The van der Waals surface area contributed by atoms with Crippen LogP contribution in [0.4, 0.5) is 0 Å². The number of rotatable bonds is 0. The second-order valence-corrected chi connectivity index (χ2v) is 7.66. The molecule has 2 nitrogen and oxygen atoms in total. The molecule has 4 aliphatic rings. The van der Waals surface area contributed by atoms with E-state index in [0.717, 1.165) is 51.4 Å². The first-order valence-corrected chi connectivity index (χ1v) is 8.36. The molecule has 0 aromatic carbocycles. The highest BCUT2D eigenvalue weighted by atomic mass is 16.1. The van der Waals surface area contributed by atoms with Gasteiger partial charge in [-0.25, -0.2) is 0 Å². The van der Waals surface area contributed by atoms with Gasteiger partial charge in [0, 0.05) is 25.2 Å². The van der Waals surface area contributed by atoms with Crippen LogP contribution in [0.2, 0.25) is 0 Å². The van der Waals surface area contributed by atoms with Crippen LogP contribution in [0.5, 0.6) is 0 Å². The monoisotopic (exact) mass is 272 g/mol. The van der Waals surface area contributed by atoms with Gasteiger partial charge >= 0.3 is 0 Å². The number of carbonyl (C=O) groups excluding carboxylic acids is 2. The summed E-state index contributed by atoms with van der Waals surface area (Å²) in [6.07, 6.45) is 9.10. The third kappa shape index (κ3) is 1.63. The van der Waals surface area contributed by atoms with Crippen LogP contribution in [0.15, 0.2) is 11.1 Å². The third-order valence-corrected chi connectivity index (χ3v) is 6.89. The van der Waals surface area contributed by atoms with Crippen LogP contribution < -0.4 is 0 Å². The number of Topliss-reactive ketones (excluding diaryl/α,β-unsaturated/α-hetero) is 2. The number of ketones is 2. The fraction of sp³-hybridized carbons (Fsp3) is 0.778. The molecule has 0 heterocycles. The standard InChI is InChI=1S/C18H24O2/c1-18-9-8-12(19)10-11(18)2-3-14-13-5-7-17(20)15(13)4-6-16(14)18/h11,13,15H,2-10H2,1H3/t11-,13+,15?,18?/m0/s1. The minimum absolute atomic E-state index is 0.276. The lowest BCUT2D eigenvalue weighted by Gasteiger charge is -2.50. The first-order chi connectivity index (χ1) is 9.59. The smallest absolute Gasteiger partial charge is 0.136 e. The van der Waals surface area contributed by atoms with E-state index in [9.17, 15) is 9.59 Å². The third-order valence-electron chi connectivity index (χ3n) is 6.89. The second-order valence-electron chi connectivity index (χ2n) is 7.66. The van der Waals surface area contributed by atoms with Crippen LogP contribution in [-0.4, -0.2) is 11.6 Å². The van der Waals surface area contributed by atoms with E-state index in [4.69, 9.17) is 0 Å². The van der Waals surface area contributed by atoms with Crippen molar-refractivity contribution in [3.8, 4) is 0 Å². The van der Waals surface area contributed by atoms with E-state index in [1.165, 1.54) is 6.42 Å². The molecular formula is C18H24O2. The van der Waals surface area contributed by atoms with Crippen LogP contribution in [0.3, 0.4) is 0 Å². The average molecular weight is 272 g/mol. The highest BCUT2D eigenvalue weighted by Crippen LogP contribution is 2.59. The molecule has 2 fully saturated rings. The minimum Gasteiger partial charge on any atom is -0.300 e. The van der Waals surface area contributed by atoms with Crippen LogP contribution in [-0.2, 0) is 9.59 Å². The molecule has 20 heavy (non-hydrogen) atoms. The van der Waals surface area contributed by atoms with Gasteiger partial charge in [0.05, 0.1) is 0 Å². The van der Waals surface area contributed by atoms with Crippen molar-refractivity contribution in [2.75, 3.05) is 0 Å². The lowest BCUT2D eigenvalue weighted by Crippen LogP contribution is -2.42. The zero-order chi connectivity index (χ0) is 13.9. The van der Waals surface area contributed by atoms with Crippen LogP contribution in [0.1, 0.15) is 64.7 Å². The van der Waals surface area contributed by atoms with Gasteiger partial charge in [0.1, 0.15) is 11.6 Å². The number of allylic oxidation sites excluding steroid dienone is 2. The first kappa shape index (κ1) is 12.8. The lowest BCUT2D eigenvalue weighted by atomic mass is 9.54. The Kier molecular flexibility index (Phi) is 2.74. The van der Waals surface area contributed by atoms with Gasteiger partial charge < -0.3 is 0 Å². The minimum atomic E-state index is 0.276. The summed E-state index contributed by atoms with van der Waals surface area (Å²) in [7, 11) is 0. The predicted molar refractivity (Wildman–Crippen MR) is 77.2 cm³/mol. The summed E-state index contributed by atoms with van der Waals surface area (Å²) < 4.78 is 0. The molecule has 2 saturated carbocycles. The molecule has 2 heteroatoms. The number of fused-ring (bicyclic) bond motifs is 4. The fourth-order valence-electron chi connectivity index (χ4n) is 5.71. The average Bonchev–Trinajstić information content (AvgIpc) is 2.82. The first-order valence-electron chi connectivity index (χ1n) is 8.36. The summed E-state index contributed by atoms with van der Waals surface area (Å²) in [6.45, 7) is 2.41. The van der Waals surface area contributed by atoms with Crippen molar-refractivity contribution in [3.05, 3.63) is 11.1 Å². The van der Waals surface area contributed by atoms with E-state index in [1.54, 1.807) is 11.1 Å². The number of carbonyl (C=O) groups is 2. The van der Waals surface area contributed by atoms with E-state index in [0.29, 0.717) is 29.3 Å². The summed E-state index contributed by atoms with van der Waals surface area (Å²) in [6, 6.07) is 0. The van der Waals surface area contributed by atoms with Gasteiger partial charge in [0.2, 0.25) is 0 Å². The maximum absolute atomic E-state index is 12.0. The zero-order valence-corrected chi connectivity index (χ0v) is 12.4. The topological polar surface area (TPSA) is 34.1 Å². The zero-order valence-electron chi connectivity index (χ0n) is 12.4. The quantitative estimate of drug-likeness (QED) is 0.628. The number of hydrogen-bond donors (Lipinski definition) is 0. The molecule has 4 atom stereocenters. The Hall–Kier alpha value is -0.920. The van der Waals surface area contributed by atoms with Crippen molar-refractivity contribution in [1.82, 2.24) is 0 Å². The molecule has 2 unspecified atom stereocenters. The molecule has 0 bridgehead atoms. The Morgan fingerprint density at radius 1 is 0.950 bits per heavy atom. The van der Waals surface area contributed by atoms with Gasteiger partial charge in [0.25, 0.3) is 0 Å². The molecule has 0 aromatic heterocycles. The van der Waals surface area contributed by atoms with Crippen molar-refractivity contribution in [1.29, 1.82) is 0 Å². The van der Waals surface area contributed by atoms with Crippen molar-refractivity contribution in [2.24, 2.45) is 23.2 Å². The SMILES string of the molecule is CC12CCC(=O)C[C@@H]1CCC1=C2CCC2C(=O)CC[C@H]12. The van der Waals surface area contributed by atoms with Gasteiger partial charge in [-0.2, -0.15) is 0 Å². The molecule has 0 spiro atoms. The van der Waals surface area contributed by atoms with Gasteiger partial charge in [-0.3, -0.25) is 9.59 Å². The molecule has 0 saturated heterocycles. The molecule has 0 aliphatic heterocycles. The summed E-state index contributed by atoms with van der Waals surface area (Å²) in [5.41, 5.74) is 3.61. The van der Waals surface area contributed by atoms with Crippen molar-refractivity contribution in [3.63, 3.8) is 0 Å². The second kappa shape index (κ2) is 4.29. The Balaban J connectivity index is 1.73. The Morgan fingerprint density at radius 3 is 2.60 bits per heavy atom. The van der Waals surface area contributed by atoms with E-state index < -0.39 is 0 Å². The van der Waals surface area contributed by atoms with Gasteiger partial charge in [-0.05, 0) is 55.8 Å². The molecule has 0 radical (unpaired) electrons. The van der Waals surface area contributed by atoms with E-state index in [1.807, 2.05) is 0 Å². The van der Waals surface area contributed by atoms with Crippen LogP contribution >= 0.6 is 0 Å². The molecular weight excluding hydrogens is 248 g/mol.